The van der Waals surface area contributed by atoms with Crippen molar-refractivity contribution >= 4 is 5.78 Å². The zero-order chi connectivity index (χ0) is 12.8. The van der Waals surface area contributed by atoms with Gasteiger partial charge in [0.05, 0.1) is 6.20 Å². The summed E-state index contributed by atoms with van der Waals surface area (Å²) in [4.78, 5) is 15.8. The zero-order valence-corrected chi connectivity index (χ0v) is 10.5. The summed E-state index contributed by atoms with van der Waals surface area (Å²) in [5, 5.41) is 4.16. The summed E-state index contributed by atoms with van der Waals surface area (Å²) in [5.74, 6) is 0.252. The SMILES string of the molecule is CCn1cc(CC(=O)CCc2ccncc2)cn1. The average Bonchev–Trinajstić information content (AvgIpc) is 2.85. The Morgan fingerprint density at radius 2 is 2.06 bits per heavy atom. The second-order valence-electron chi connectivity index (χ2n) is 4.28. The molecule has 0 fully saturated rings. The van der Waals surface area contributed by atoms with Gasteiger partial charge in [-0.2, -0.15) is 5.10 Å². The third-order valence-electron chi connectivity index (χ3n) is 2.85. The van der Waals surface area contributed by atoms with Crippen LogP contribution in [0, 0.1) is 0 Å². The molecule has 0 aliphatic carbocycles. The van der Waals surface area contributed by atoms with E-state index in [0.717, 1.165) is 24.1 Å². The predicted molar refractivity (Wildman–Crippen MR) is 69.2 cm³/mol. The van der Waals surface area contributed by atoms with Crippen LogP contribution in [0.5, 0.6) is 0 Å². The first-order valence-electron chi connectivity index (χ1n) is 6.20. The molecule has 18 heavy (non-hydrogen) atoms. The summed E-state index contributed by atoms with van der Waals surface area (Å²) < 4.78 is 1.84. The maximum atomic E-state index is 11.8. The molecule has 2 aromatic rings. The van der Waals surface area contributed by atoms with Crippen LogP contribution in [-0.2, 0) is 24.2 Å². The molecule has 0 N–H and O–H groups in total. The van der Waals surface area contributed by atoms with Gasteiger partial charge in [-0.1, -0.05) is 0 Å². The number of ketones is 1. The Morgan fingerprint density at radius 3 is 2.72 bits per heavy atom. The van der Waals surface area contributed by atoms with Crippen molar-refractivity contribution in [2.75, 3.05) is 0 Å². The predicted octanol–water partition coefficient (Wildman–Crippen LogP) is 2.04. The summed E-state index contributed by atoms with van der Waals surface area (Å²) >= 11 is 0. The Kier molecular flexibility index (Phi) is 4.23. The van der Waals surface area contributed by atoms with Crippen molar-refractivity contribution in [3.05, 3.63) is 48.0 Å². The first-order valence-corrected chi connectivity index (χ1v) is 6.20. The first kappa shape index (κ1) is 12.5. The van der Waals surface area contributed by atoms with E-state index < -0.39 is 0 Å². The van der Waals surface area contributed by atoms with Gasteiger partial charge >= 0.3 is 0 Å². The van der Waals surface area contributed by atoms with Gasteiger partial charge < -0.3 is 0 Å². The number of rotatable bonds is 6. The molecule has 2 heterocycles. The van der Waals surface area contributed by atoms with E-state index in [9.17, 15) is 4.79 Å². The van der Waals surface area contributed by atoms with E-state index in [2.05, 4.69) is 10.1 Å². The van der Waals surface area contributed by atoms with Gasteiger partial charge in [0.2, 0.25) is 0 Å². The van der Waals surface area contributed by atoms with E-state index in [1.807, 2.05) is 29.9 Å². The van der Waals surface area contributed by atoms with Gasteiger partial charge in [0.15, 0.2) is 0 Å². The fraction of sp³-hybridized carbons (Fsp3) is 0.357. The number of carbonyl (C=O) groups is 1. The van der Waals surface area contributed by atoms with E-state index in [4.69, 9.17) is 0 Å². The van der Waals surface area contributed by atoms with Crippen LogP contribution in [0.25, 0.3) is 0 Å². The lowest BCUT2D eigenvalue weighted by Gasteiger charge is -2.00. The molecular formula is C14H17N3O. The smallest absolute Gasteiger partial charge is 0.137 e. The molecule has 0 bridgehead atoms. The molecule has 0 unspecified atom stereocenters. The number of Topliss-reactive ketones (excluding diaryl/α,β-unsaturated/α-hetero) is 1. The topological polar surface area (TPSA) is 47.8 Å². The van der Waals surface area contributed by atoms with Crippen molar-refractivity contribution in [3.8, 4) is 0 Å². The molecule has 0 amide bonds. The van der Waals surface area contributed by atoms with Crippen LogP contribution in [0.2, 0.25) is 0 Å². The first-order chi connectivity index (χ1) is 8.78. The van der Waals surface area contributed by atoms with Gasteiger partial charge in [-0.05, 0) is 36.6 Å². The van der Waals surface area contributed by atoms with Gasteiger partial charge in [-0.25, -0.2) is 0 Å². The molecule has 0 aliphatic rings. The minimum atomic E-state index is 0.252. The molecule has 0 atom stereocenters. The second kappa shape index (κ2) is 6.10. The highest BCUT2D eigenvalue weighted by molar-refractivity contribution is 5.80. The fourth-order valence-corrected chi connectivity index (χ4v) is 1.82. The molecule has 94 valence electrons. The lowest BCUT2D eigenvalue weighted by atomic mass is 10.1. The third-order valence-corrected chi connectivity index (χ3v) is 2.85. The second-order valence-corrected chi connectivity index (χ2v) is 4.28. The van der Waals surface area contributed by atoms with Crippen LogP contribution >= 0.6 is 0 Å². The molecule has 0 aliphatic heterocycles. The normalized spacial score (nSPS) is 10.5. The van der Waals surface area contributed by atoms with Crippen LogP contribution in [0.1, 0.15) is 24.5 Å². The molecule has 2 aromatic heterocycles. The van der Waals surface area contributed by atoms with Crippen molar-refractivity contribution in [1.82, 2.24) is 14.8 Å². The van der Waals surface area contributed by atoms with Gasteiger partial charge in [0.1, 0.15) is 5.78 Å². The number of aryl methyl sites for hydroxylation is 2. The van der Waals surface area contributed by atoms with Crippen LogP contribution in [0.4, 0.5) is 0 Å². The lowest BCUT2D eigenvalue weighted by Crippen LogP contribution is -2.04. The number of carbonyl (C=O) groups excluding carboxylic acids is 1. The third kappa shape index (κ3) is 3.52. The highest BCUT2D eigenvalue weighted by atomic mass is 16.1. The Bertz CT molecular complexity index is 505. The molecule has 4 heteroatoms. The highest BCUT2D eigenvalue weighted by Crippen LogP contribution is 2.05. The standard InChI is InChI=1S/C14H17N3O/c1-2-17-11-13(10-16-17)9-14(18)4-3-12-5-7-15-8-6-12/h5-8,10-11H,2-4,9H2,1H3. The quantitative estimate of drug-likeness (QED) is 0.780. The van der Waals surface area contributed by atoms with Crippen LogP contribution in [-0.4, -0.2) is 20.5 Å². The van der Waals surface area contributed by atoms with Gasteiger partial charge in [-0.3, -0.25) is 14.5 Å². The average molecular weight is 243 g/mol. The maximum Gasteiger partial charge on any atom is 0.137 e. The Morgan fingerprint density at radius 1 is 1.28 bits per heavy atom. The summed E-state index contributed by atoms with van der Waals surface area (Å²) in [5.41, 5.74) is 2.15. The summed E-state index contributed by atoms with van der Waals surface area (Å²) in [6, 6.07) is 3.89. The summed E-state index contributed by atoms with van der Waals surface area (Å²) in [7, 11) is 0. The number of pyridine rings is 1. The molecule has 0 aromatic carbocycles. The van der Waals surface area contributed by atoms with Crippen molar-refractivity contribution < 1.29 is 4.79 Å². The van der Waals surface area contributed by atoms with Crippen molar-refractivity contribution in [2.45, 2.75) is 32.7 Å². The molecule has 0 saturated carbocycles. The van der Waals surface area contributed by atoms with Crippen LogP contribution in [0.3, 0.4) is 0 Å². The summed E-state index contributed by atoms with van der Waals surface area (Å²) in [6.45, 7) is 2.87. The van der Waals surface area contributed by atoms with E-state index >= 15 is 0 Å². The zero-order valence-electron chi connectivity index (χ0n) is 10.5. The van der Waals surface area contributed by atoms with E-state index in [1.54, 1.807) is 18.6 Å². The molecule has 2 rings (SSSR count). The Labute approximate surface area is 107 Å². The largest absolute Gasteiger partial charge is 0.299 e. The van der Waals surface area contributed by atoms with Crippen LogP contribution < -0.4 is 0 Å². The Balaban J connectivity index is 1.82. The molecular weight excluding hydrogens is 226 g/mol. The monoisotopic (exact) mass is 243 g/mol. The van der Waals surface area contributed by atoms with Gasteiger partial charge in [0.25, 0.3) is 0 Å². The molecule has 0 spiro atoms. The number of hydrogen-bond acceptors (Lipinski definition) is 3. The summed E-state index contributed by atoms with van der Waals surface area (Å²) in [6.07, 6.45) is 9.05. The molecule has 0 saturated heterocycles. The van der Waals surface area contributed by atoms with E-state index in [0.29, 0.717) is 12.8 Å². The number of aromatic nitrogens is 3. The Hall–Kier alpha value is -1.97. The maximum absolute atomic E-state index is 11.8. The van der Waals surface area contributed by atoms with Crippen molar-refractivity contribution in [1.29, 1.82) is 0 Å². The fourth-order valence-electron chi connectivity index (χ4n) is 1.82. The number of hydrogen-bond donors (Lipinski definition) is 0. The van der Waals surface area contributed by atoms with E-state index in [1.165, 1.54) is 0 Å². The molecule has 4 nitrogen and oxygen atoms in total. The number of nitrogens with zero attached hydrogens (tertiary/aromatic N) is 3. The molecule has 0 radical (unpaired) electrons. The van der Waals surface area contributed by atoms with Gasteiger partial charge in [0, 0.05) is 38.0 Å². The minimum absolute atomic E-state index is 0.252. The minimum Gasteiger partial charge on any atom is -0.299 e. The van der Waals surface area contributed by atoms with Crippen molar-refractivity contribution in [3.63, 3.8) is 0 Å². The highest BCUT2D eigenvalue weighted by Gasteiger charge is 2.06. The van der Waals surface area contributed by atoms with Crippen LogP contribution in [0.15, 0.2) is 36.9 Å². The van der Waals surface area contributed by atoms with Gasteiger partial charge in [-0.15, -0.1) is 0 Å². The van der Waals surface area contributed by atoms with Crippen molar-refractivity contribution in [2.24, 2.45) is 0 Å². The van der Waals surface area contributed by atoms with E-state index in [-0.39, 0.29) is 5.78 Å². The lowest BCUT2D eigenvalue weighted by molar-refractivity contribution is -0.118.